The zero-order valence-electron chi connectivity index (χ0n) is 22.1. The van der Waals surface area contributed by atoms with Crippen LogP contribution in [0, 0.1) is 22.9 Å². The van der Waals surface area contributed by atoms with Crippen molar-refractivity contribution in [2.24, 2.45) is 0 Å². The molecule has 6 nitrogen and oxygen atoms in total. The van der Waals surface area contributed by atoms with E-state index in [-0.39, 0.29) is 0 Å². The van der Waals surface area contributed by atoms with Gasteiger partial charge in [0.05, 0.1) is 13.1 Å². The molecule has 0 bridgehead atoms. The Morgan fingerprint density at radius 1 is 0.703 bits per heavy atom. The lowest BCUT2D eigenvalue weighted by atomic mass is 10.0. The number of aliphatic carboxylic acids is 2. The third-order valence-corrected chi connectivity index (χ3v) is 11.9. The van der Waals surface area contributed by atoms with Gasteiger partial charge in [-0.1, -0.05) is 87.1 Å². The summed E-state index contributed by atoms with van der Waals surface area (Å²) in [5.74, 6) is 3.76. The number of carboxylic acids is 2. The molecule has 4 rings (SSSR count). The predicted octanol–water partition coefficient (Wildman–Crippen LogP) is 3.89. The molecular weight excluding hydrogens is 480 g/mol. The van der Waals surface area contributed by atoms with Crippen molar-refractivity contribution in [3.63, 3.8) is 0 Å². The summed E-state index contributed by atoms with van der Waals surface area (Å²) >= 11 is 0. The molecule has 200 valence electrons. The zero-order valence-corrected chi connectivity index (χ0v) is 23.1. The highest BCUT2D eigenvalue weighted by atomic mass is 28.3. The topological polar surface area (TPSA) is 81.1 Å². The zero-order chi connectivity index (χ0) is 26.3. The minimum Gasteiger partial charge on any atom is -0.473 e. The number of carboxylic acid groups (broad SMARTS) is 2. The van der Waals surface area contributed by atoms with Gasteiger partial charge in [0, 0.05) is 0 Å². The van der Waals surface area contributed by atoms with Gasteiger partial charge in [0.2, 0.25) is 8.07 Å². The molecule has 2 aliphatic heterocycles. The number of rotatable bonds is 4. The molecule has 1 aromatic rings. The Morgan fingerprint density at radius 2 is 1.14 bits per heavy atom. The van der Waals surface area contributed by atoms with Crippen molar-refractivity contribution in [3.8, 4) is 22.9 Å². The van der Waals surface area contributed by atoms with Crippen molar-refractivity contribution in [1.29, 1.82) is 0 Å². The van der Waals surface area contributed by atoms with Crippen LogP contribution in [0.25, 0.3) is 0 Å². The van der Waals surface area contributed by atoms with Gasteiger partial charge in [-0.15, -0.1) is 11.1 Å². The Morgan fingerprint density at radius 3 is 1.57 bits per heavy atom. The molecule has 1 saturated carbocycles. The largest absolute Gasteiger partial charge is 0.473 e. The molecule has 3 fully saturated rings. The van der Waals surface area contributed by atoms with Crippen molar-refractivity contribution < 1.29 is 19.8 Å². The van der Waals surface area contributed by atoms with Crippen LogP contribution in [0.4, 0.5) is 0 Å². The van der Waals surface area contributed by atoms with E-state index in [1.54, 1.807) is 0 Å². The number of carbonyl (C=O) groups is 2. The fourth-order valence-corrected chi connectivity index (χ4v) is 9.61. The SMILES string of the molecule is C(#C[Si](C#CCN1CCCCC1)(c1ccccc1)C1CCCCC1)CN1CCCCC1.O=C(O)C(=O)O. The summed E-state index contributed by atoms with van der Waals surface area (Å²) in [5.41, 5.74) is 8.61. The number of piperidine rings is 2. The van der Waals surface area contributed by atoms with Crippen LogP contribution in [0.3, 0.4) is 0 Å². The van der Waals surface area contributed by atoms with Gasteiger partial charge < -0.3 is 10.2 Å². The van der Waals surface area contributed by atoms with Crippen molar-refractivity contribution in [2.75, 3.05) is 39.3 Å². The average molecular weight is 523 g/mol. The highest BCUT2D eigenvalue weighted by Crippen LogP contribution is 2.36. The third-order valence-electron chi connectivity index (χ3n) is 7.70. The number of benzene rings is 1. The third kappa shape index (κ3) is 9.34. The van der Waals surface area contributed by atoms with Gasteiger partial charge >= 0.3 is 11.9 Å². The molecule has 2 saturated heterocycles. The van der Waals surface area contributed by atoms with Crippen molar-refractivity contribution in [1.82, 2.24) is 9.80 Å². The predicted molar refractivity (Wildman–Crippen MR) is 150 cm³/mol. The lowest BCUT2D eigenvalue weighted by Gasteiger charge is -2.34. The summed E-state index contributed by atoms with van der Waals surface area (Å²) in [6.07, 6.45) is 14.8. The Kier molecular flexibility index (Phi) is 12.2. The van der Waals surface area contributed by atoms with E-state index in [0.29, 0.717) is 5.54 Å². The van der Waals surface area contributed by atoms with Crippen LogP contribution in [0.2, 0.25) is 5.54 Å². The van der Waals surface area contributed by atoms with Crippen molar-refractivity contribution in [2.45, 2.75) is 76.2 Å². The molecule has 2 heterocycles. The maximum absolute atomic E-state index is 9.10. The van der Waals surface area contributed by atoms with Crippen LogP contribution in [-0.4, -0.2) is 79.3 Å². The van der Waals surface area contributed by atoms with Gasteiger partial charge in [-0.3, -0.25) is 9.80 Å². The fourth-order valence-electron chi connectivity index (χ4n) is 5.67. The van der Waals surface area contributed by atoms with Gasteiger partial charge in [0.15, 0.2) is 0 Å². The second kappa shape index (κ2) is 15.6. The number of likely N-dealkylation sites (tertiary alicyclic amines) is 2. The summed E-state index contributed by atoms with van der Waals surface area (Å²) in [6.45, 7) is 6.75. The second-order valence-corrected chi connectivity index (χ2v) is 13.9. The van der Waals surface area contributed by atoms with E-state index in [9.17, 15) is 0 Å². The summed E-state index contributed by atoms with van der Waals surface area (Å²) in [6, 6.07) is 11.2. The van der Waals surface area contributed by atoms with Gasteiger partial charge in [-0.05, 0) is 62.6 Å². The lowest BCUT2D eigenvalue weighted by molar-refractivity contribution is -0.159. The Balaban J connectivity index is 0.000000568. The molecule has 0 radical (unpaired) electrons. The first-order valence-corrected chi connectivity index (χ1v) is 16.1. The van der Waals surface area contributed by atoms with Crippen LogP contribution in [0.1, 0.15) is 70.6 Å². The Bertz CT molecular complexity index is 924. The molecule has 7 heteroatoms. The molecule has 2 N–H and O–H groups in total. The first kappa shape index (κ1) is 29.0. The smallest absolute Gasteiger partial charge is 0.414 e. The van der Waals surface area contributed by atoms with Gasteiger partial charge in [-0.25, -0.2) is 9.59 Å². The monoisotopic (exact) mass is 522 g/mol. The Hall–Kier alpha value is -2.58. The van der Waals surface area contributed by atoms with E-state index >= 15 is 0 Å². The van der Waals surface area contributed by atoms with Crippen LogP contribution in [-0.2, 0) is 9.59 Å². The van der Waals surface area contributed by atoms with E-state index in [4.69, 9.17) is 19.8 Å². The maximum Gasteiger partial charge on any atom is 0.414 e. The van der Waals surface area contributed by atoms with Crippen LogP contribution in [0.15, 0.2) is 30.3 Å². The quantitative estimate of drug-likeness (QED) is 0.355. The van der Waals surface area contributed by atoms with E-state index < -0.39 is 20.0 Å². The van der Waals surface area contributed by atoms with Gasteiger partial charge in [0.25, 0.3) is 0 Å². The molecule has 1 aliphatic carbocycles. The first-order valence-electron chi connectivity index (χ1n) is 14.0. The lowest BCUT2D eigenvalue weighted by Crippen LogP contribution is -2.51. The van der Waals surface area contributed by atoms with Crippen molar-refractivity contribution >= 4 is 25.2 Å². The summed E-state index contributed by atoms with van der Waals surface area (Å²) in [4.78, 5) is 23.3. The highest BCUT2D eigenvalue weighted by Gasteiger charge is 2.41. The van der Waals surface area contributed by atoms with E-state index in [2.05, 4.69) is 63.1 Å². The molecule has 0 spiro atoms. The molecule has 3 aliphatic rings. The van der Waals surface area contributed by atoms with E-state index in [0.717, 1.165) is 13.1 Å². The standard InChI is InChI=1S/C28H40N2Si.C2H2O4/c1-5-15-27(16-6-1)31(28-17-7-2-8-18-28,25-13-23-29-19-9-3-10-20-29)26-14-24-30-21-11-4-12-22-30;3-1(4)2(5)6/h1,5-6,15-16,28H,2-4,7-12,17-24H2;(H,3,4)(H,5,6). The minimum absolute atomic E-state index is 0.686. The van der Waals surface area contributed by atoms with E-state index in [1.807, 2.05) is 0 Å². The van der Waals surface area contributed by atoms with Crippen molar-refractivity contribution in [3.05, 3.63) is 30.3 Å². The summed E-state index contributed by atoms with van der Waals surface area (Å²) in [7, 11) is -2.22. The Labute approximate surface area is 223 Å². The molecule has 37 heavy (non-hydrogen) atoms. The molecule has 0 aromatic heterocycles. The molecule has 0 amide bonds. The number of nitrogens with zero attached hydrogens (tertiary/aromatic N) is 2. The second-order valence-electron chi connectivity index (χ2n) is 10.4. The first-order chi connectivity index (χ1) is 18.0. The molecule has 1 aromatic carbocycles. The summed E-state index contributed by atoms with van der Waals surface area (Å²) in [5, 5.41) is 16.2. The highest BCUT2D eigenvalue weighted by molar-refractivity contribution is 7.05. The fraction of sp³-hybridized carbons (Fsp3) is 0.600. The van der Waals surface area contributed by atoms with Crippen LogP contribution >= 0.6 is 0 Å². The molecular formula is C30H42N2O4Si. The minimum atomic E-state index is -2.22. The summed E-state index contributed by atoms with van der Waals surface area (Å²) < 4.78 is 0. The van der Waals surface area contributed by atoms with Crippen LogP contribution < -0.4 is 5.19 Å². The maximum atomic E-state index is 9.10. The van der Waals surface area contributed by atoms with E-state index in [1.165, 1.54) is 102 Å². The number of hydrogen-bond acceptors (Lipinski definition) is 4. The van der Waals surface area contributed by atoms with Gasteiger partial charge in [0.1, 0.15) is 0 Å². The normalized spacial score (nSPS) is 19.2. The molecule has 0 unspecified atom stereocenters. The average Bonchev–Trinajstić information content (AvgIpc) is 2.94. The van der Waals surface area contributed by atoms with Crippen LogP contribution in [0.5, 0.6) is 0 Å². The van der Waals surface area contributed by atoms with Gasteiger partial charge in [-0.2, -0.15) is 0 Å². The molecule has 0 atom stereocenters. The number of hydrogen-bond donors (Lipinski definition) is 2.